The molecule has 28 heavy (non-hydrogen) atoms. The number of carbonyl (C=O) groups is 1. The highest BCUT2D eigenvalue weighted by Crippen LogP contribution is 2.55. The number of nitrogens with zero attached hydrogens (tertiary/aromatic N) is 2. The van der Waals surface area contributed by atoms with Crippen molar-refractivity contribution >= 4 is 6.09 Å². The molecule has 5 heteroatoms. The highest BCUT2D eigenvalue weighted by molar-refractivity contribution is 5.69. The number of aromatic nitrogens is 2. The van der Waals surface area contributed by atoms with Gasteiger partial charge in [0.15, 0.2) is 11.9 Å². The Bertz CT molecular complexity index is 855. The van der Waals surface area contributed by atoms with Crippen LogP contribution >= 0.6 is 0 Å². The number of hydrogen-bond acceptors (Lipinski definition) is 3. The van der Waals surface area contributed by atoms with Gasteiger partial charge in [-0.3, -0.25) is 0 Å². The van der Waals surface area contributed by atoms with Gasteiger partial charge in [-0.15, -0.1) is 0 Å². The molecule has 1 aliphatic heterocycles. The zero-order valence-corrected chi connectivity index (χ0v) is 16.1. The molecule has 4 aliphatic carbocycles. The third-order valence-corrected chi connectivity index (χ3v) is 7.60. The lowest BCUT2D eigenvalue weighted by molar-refractivity contribution is -0.0223. The van der Waals surface area contributed by atoms with Gasteiger partial charge in [0.05, 0.1) is 6.04 Å². The Morgan fingerprint density at radius 1 is 1.04 bits per heavy atom. The predicted octanol–water partition coefficient (Wildman–Crippen LogP) is 4.61. The number of nitrogens with one attached hydrogen (secondary N) is 1. The number of fused-ring (bicyclic) bond motifs is 1. The average Bonchev–Trinajstić information content (AvgIpc) is 3.25. The quantitative estimate of drug-likeness (QED) is 0.850. The van der Waals surface area contributed by atoms with E-state index in [9.17, 15) is 4.79 Å². The first kappa shape index (κ1) is 16.6. The van der Waals surface area contributed by atoms with E-state index in [1.165, 1.54) is 24.8 Å². The molecule has 2 atom stereocenters. The number of imidazole rings is 1. The summed E-state index contributed by atoms with van der Waals surface area (Å²) in [7, 11) is 0. The van der Waals surface area contributed by atoms with Crippen LogP contribution in [-0.2, 0) is 4.74 Å². The summed E-state index contributed by atoms with van der Waals surface area (Å²) in [5.74, 6) is 3.27. The highest BCUT2D eigenvalue weighted by atomic mass is 16.6. The van der Waals surface area contributed by atoms with Crippen molar-refractivity contribution in [1.29, 1.82) is 0 Å². The normalized spacial score (nSPS) is 37.6. The Hall–Kier alpha value is -2.30. The molecule has 0 saturated heterocycles. The Balaban J connectivity index is 1.18. The molecule has 4 fully saturated rings. The Kier molecular flexibility index (Phi) is 3.62. The van der Waals surface area contributed by atoms with Gasteiger partial charge in [-0.1, -0.05) is 30.3 Å². The summed E-state index contributed by atoms with van der Waals surface area (Å²) in [5.41, 5.74) is 1.22. The van der Waals surface area contributed by atoms with Gasteiger partial charge >= 0.3 is 6.09 Å². The number of hydrogen-bond donors (Lipinski definition) is 1. The summed E-state index contributed by atoms with van der Waals surface area (Å²) < 4.78 is 8.10. The van der Waals surface area contributed by atoms with E-state index in [4.69, 9.17) is 4.74 Å². The Morgan fingerprint density at radius 2 is 1.71 bits per heavy atom. The van der Waals surface area contributed by atoms with E-state index >= 15 is 0 Å². The third-order valence-electron chi connectivity index (χ3n) is 7.60. The molecule has 1 N–H and O–H groups in total. The topological polar surface area (TPSA) is 56.1 Å². The molecule has 1 aromatic heterocycles. The molecule has 0 radical (unpaired) electrons. The number of ether oxygens (including phenoxy) is 1. The van der Waals surface area contributed by atoms with Gasteiger partial charge in [0.1, 0.15) is 0 Å². The molecule has 146 valence electrons. The van der Waals surface area contributed by atoms with E-state index in [1.807, 2.05) is 12.3 Å². The van der Waals surface area contributed by atoms with E-state index in [1.54, 1.807) is 6.20 Å². The maximum atomic E-state index is 12.9. The van der Waals surface area contributed by atoms with Crippen molar-refractivity contribution in [2.75, 3.05) is 0 Å². The van der Waals surface area contributed by atoms with Gasteiger partial charge in [0.2, 0.25) is 0 Å². The van der Waals surface area contributed by atoms with Crippen LogP contribution in [0, 0.1) is 17.8 Å². The number of amides is 1. The minimum Gasteiger partial charge on any atom is -0.438 e. The molecular formula is C23H27N3O2. The lowest BCUT2D eigenvalue weighted by Gasteiger charge is -2.56. The summed E-state index contributed by atoms with van der Waals surface area (Å²) >= 11 is 0. The molecule has 4 saturated carbocycles. The monoisotopic (exact) mass is 377 g/mol. The molecule has 0 unspecified atom stereocenters. The first-order valence-electron chi connectivity index (χ1n) is 10.7. The van der Waals surface area contributed by atoms with Crippen LogP contribution in [0.5, 0.6) is 0 Å². The zero-order valence-electron chi connectivity index (χ0n) is 16.1. The van der Waals surface area contributed by atoms with Crippen molar-refractivity contribution in [3.8, 4) is 0 Å². The van der Waals surface area contributed by atoms with Gasteiger partial charge in [-0.25, -0.2) is 9.78 Å². The van der Waals surface area contributed by atoms with Crippen LogP contribution in [0.1, 0.15) is 68.5 Å². The fourth-order valence-corrected chi connectivity index (χ4v) is 6.97. The fraction of sp³-hybridized carbons (Fsp3) is 0.565. The maximum Gasteiger partial charge on any atom is 0.408 e. The molecule has 7 rings (SSSR count). The second-order valence-electron chi connectivity index (χ2n) is 9.57. The summed E-state index contributed by atoms with van der Waals surface area (Å²) in [6, 6.07) is 10.6. The lowest BCUT2D eigenvalue weighted by Crippen LogP contribution is -2.60. The predicted molar refractivity (Wildman–Crippen MR) is 105 cm³/mol. The minimum atomic E-state index is -0.283. The van der Waals surface area contributed by atoms with Gasteiger partial charge in [-0.05, 0) is 61.8 Å². The summed E-state index contributed by atoms with van der Waals surface area (Å²) in [4.78, 5) is 17.4. The standard InChI is InChI=1S/C23H27N3O2/c27-22(25-23-12-15-8-16(13-23)10-17(9-15)14-23)28-20-11-19(18-4-2-1-3-5-18)26-7-6-24-21(20)26/h1-7,15-17,19-20H,8-14H2,(H,25,27)/t15?,16?,17?,19-,20+,23?/m1/s1. The number of carbonyl (C=O) groups excluding carboxylic acids is 1. The van der Waals surface area contributed by atoms with E-state index < -0.39 is 0 Å². The molecule has 2 heterocycles. The molecule has 2 aromatic rings. The molecule has 0 spiro atoms. The van der Waals surface area contributed by atoms with Crippen LogP contribution in [0.2, 0.25) is 0 Å². The largest absolute Gasteiger partial charge is 0.438 e. The van der Waals surface area contributed by atoms with Crippen LogP contribution in [0.25, 0.3) is 0 Å². The van der Waals surface area contributed by atoms with Gasteiger partial charge in [0.25, 0.3) is 0 Å². The third kappa shape index (κ3) is 2.66. The van der Waals surface area contributed by atoms with Gasteiger partial charge in [-0.2, -0.15) is 0 Å². The van der Waals surface area contributed by atoms with Crippen LogP contribution in [0.15, 0.2) is 42.7 Å². The lowest BCUT2D eigenvalue weighted by atomic mass is 9.53. The van der Waals surface area contributed by atoms with Crippen molar-refractivity contribution in [3.63, 3.8) is 0 Å². The van der Waals surface area contributed by atoms with E-state index in [0.29, 0.717) is 0 Å². The second kappa shape index (κ2) is 6.10. The minimum absolute atomic E-state index is 0.0152. The van der Waals surface area contributed by atoms with Crippen molar-refractivity contribution in [1.82, 2.24) is 14.9 Å². The number of alkyl carbamates (subject to hydrolysis) is 1. The van der Waals surface area contributed by atoms with Crippen LogP contribution in [-0.4, -0.2) is 21.2 Å². The fourth-order valence-electron chi connectivity index (χ4n) is 6.97. The van der Waals surface area contributed by atoms with Crippen molar-refractivity contribution in [2.45, 2.75) is 62.6 Å². The molecule has 4 bridgehead atoms. The smallest absolute Gasteiger partial charge is 0.408 e. The van der Waals surface area contributed by atoms with Crippen molar-refractivity contribution in [2.24, 2.45) is 17.8 Å². The summed E-state index contributed by atoms with van der Waals surface area (Å²) in [6.45, 7) is 0. The van der Waals surface area contributed by atoms with Crippen LogP contribution < -0.4 is 5.32 Å². The van der Waals surface area contributed by atoms with Gasteiger partial charge in [0, 0.05) is 24.4 Å². The molecule has 1 aromatic carbocycles. The summed E-state index contributed by atoms with van der Waals surface area (Å²) in [5, 5.41) is 3.33. The maximum absolute atomic E-state index is 12.9. The SMILES string of the molecule is O=C(NC12CC3CC(CC(C3)C1)C2)O[C@H]1C[C@H](c2ccccc2)n2ccnc21. The first-order chi connectivity index (χ1) is 13.7. The van der Waals surface area contributed by atoms with Crippen molar-refractivity contribution in [3.05, 3.63) is 54.1 Å². The summed E-state index contributed by atoms with van der Waals surface area (Å²) in [6.07, 6.45) is 11.5. The molecule has 5 nitrogen and oxygen atoms in total. The first-order valence-corrected chi connectivity index (χ1v) is 10.7. The van der Waals surface area contributed by atoms with Gasteiger partial charge < -0.3 is 14.6 Å². The molecular weight excluding hydrogens is 350 g/mol. The molecule has 5 aliphatic rings. The second-order valence-corrected chi connectivity index (χ2v) is 9.57. The van der Waals surface area contributed by atoms with Crippen LogP contribution in [0.4, 0.5) is 4.79 Å². The van der Waals surface area contributed by atoms with Crippen molar-refractivity contribution < 1.29 is 9.53 Å². The number of benzene rings is 1. The van der Waals surface area contributed by atoms with E-state index in [2.05, 4.69) is 39.1 Å². The average molecular weight is 377 g/mol. The van der Waals surface area contributed by atoms with Crippen LogP contribution in [0.3, 0.4) is 0 Å². The number of rotatable bonds is 3. The highest BCUT2D eigenvalue weighted by Gasteiger charge is 2.52. The zero-order chi connectivity index (χ0) is 18.7. The Labute approximate surface area is 165 Å². The Morgan fingerprint density at radius 3 is 2.39 bits per heavy atom. The molecule has 1 amide bonds. The van der Waals surface area contributed by atoms with E-state index in [0.717, 1.165) is 49.3 Å². The van der Waals surface area contributed by atoms with E-state index in [-0.39, 0.29) is 23.8 Å².